The smallest absolute Gasteiger partial charge is 0.227 e. The summed E-state index contributed by atoms with van der Waals surface area (Å²) in [7, 11) is 0. The number of aromatic nitrogens is 1. The van der Waals surface area contributed by atoms with Crippen LogP contribution in [0.5, 0.6) is 0 Å². The molecule has 1 aromatic heterocycles. The van der Waals surface area contributed by atoms with Crippen LogP contribution in [0.4, 0.5) is 0 Å². The molecule has 1 amide bonds. The van der Waals surface area contributed by atoms with Crippen LogP contribution < -0.4 is 5.32 Å². The summed E-state index contributed by atoms with van der Waals surface area (Å²) >= 11 is 0. The fourth-order valence-electron chi connectivity index (χ4n) is 6.14. The van der Waals surface area contributed by atoms with Gasteiger partial charge in [-0.05, 0) is 71.4 Å². The lowest BCUT2D eigenvalue weighted by molar-refractivity contribution is -0.144. The summed E-state index contributed by atoms with van der Waals surface area (Å²) in [5, 5.41) is 7.37. The standard InChI is InChI=1S/C24H40N4O3/c1-4-27-11-8-20-16-21(28-12-14-30-15-13-28)7-9-24(20,17-27)23(29)25-10-5-6-22-18(2)26-31-19(22)3/h20-21H,4-17H2,1-3H3,(H,25,29)/t20-,21+,24-/m1/s1. The van der Waals surface area contributed by atoms with Gasteiger partial charge in [-0.3, -0.25) is 9.69 Å². The van der Waals surface area contributed by atoms with Crippen LogP contribution in [0, 0.1) is 25.2 Å². The van der Waals surface area contributed by atoms with Crippen molar-refractivity contribution in [3.8, 4) is 0 Å². The van der Waals surface area contributed by atoms with Gasteiger partial charge in [0.1, 0.15) is 5.76 Å². The van der Waals surface area contributed by atoms with E-state index in [-0.39, 0.29) is 11.3 Å². The first-order valence-electron chi connectivity index (χ1n) is 12.3. The SMILES string of the molecule is CCN1CC[C@@H]2C[C@@H](N3CCOCC3)CC[C@@]2(C(=O)NCCCc2c(C)noc2C)C1. The Labute approximate surface area is 186 Å². The molecule has 174 valence electrons. The third kappa shape index (κ3) is 4.83. The molecule has 2 aliphatic heterocycles. The Morgan fingerprint density at radius 2 is 2.03 bits per heavy atom. The van der Waals surface area contributed by atoms with Gasteiger partial charge in [-0.15, -0.1) is 0 Å². The maximum absolute atomic E-state index is 13.6. The number of rotatable bonds is 7. The number of aryl methyl sites for hydroxylation is 2. The van der Waals surface area contributed by atoms with Gasteiger partial charge in [-0.25, -0.2) is 0 Å². The van der Waals surface area contributed by atoms with E-state index in [1.54, 1.807) is 0 Å². The second kappa shape index (κ2) is 10.0. The minimum atomic E-state index is -0.222. The Balaban J connectivity index is 1.37. The van der Waals surface area contributed by atoms with Crippen molar-refractivity contribution >= 4 is 5.91 Å². The maximum Gasteiger partial charge on any atom is 0.227 e. The zero-order valence-corrected chi connectivity index (χ0v) is 19.6. The molecule has 3 aliphatic rings. The van der Waals surface area contributed by atoms with Crippen LogP contribution in [0.3, 0.4) is 0 Å². The van der Waals surface area contributed by atoms with Crippen molar-refractivity contribution in [1.82, 2.24) is 20.3 Å². The van der Waals surface area contributed by atoms with Gasteiger partial charge in [0, 0.05) is 37.8 Å². The van der Waals surface area contributed by atoms with Crippen molar-refractivity contribution in [2.45, 2.75) is 65.3 Å². The zero-order chi connectivity index (χ0) is 21.8. The predicted octanol–water partition coefficient (Wildman–Crippen LogP) is 2.55. The van der Waals surface area contributed by atoms with E-state index in [1.807, 2.05) is 13.8 Å². The minimum Gasteiger partial charge on any atom is -0.379 e. The summed E-state index contributed by atoms with van der Waals surface area (Å²) in [6.07, 6.45) is 6.25. The lowest BCUT2D eigenvalue weighted by Crippen LogP contribution is -2.60. The highest BCUT2D eigenvalue weighted by Gasteiger charge is 2.52. The number of morpholine rings is 1. The first-order chi connectivity index (χ1) is 15.0. The van der Waals surface area contributed by atoms with E-state index in [1.165, 1.54) is 5.56 Å². The normalized spacial score (nSPS) is 30.2. The first kappa shape index (κ1) is 22.7. The lowest BCUT2D eigenvalue weighted by atomic mass is 9.61. The lowest BCUT2D eigenvalue weighted by Gasteiger charge is -2.53. The molecule has 7 nitrogen and oxygen atoms in total. The average Bonchev–Trinajstić information content (AvgIpc) is 3.13. The number of carbonyl (C=O) groups is 1. The molecule has 1 aliphatic carbocycles. The van der Waals surface area contributed by atoms with E-state index in [4.69, 9.17) is 9.26 Å². The molecule has 31 heavy (non-hydrogen) atoms. The van der Waals surface area contributed by atoms with Gasteiger partial charge in [-0.1, -0.05) is 12.1 Å². The van der Waals surface area contributed by atoms with E-state index in [0.717, 1.165) is 102 Å². The molecule has 1 saturated carbocycles. The van der Waals surface area contributed by atoms with Gasteiger partial charge >= 0.3 is 0 Å². The van der Waals surface area contributed by atoms with Crippen LogP contribution in [-0.2, 0) is 16.0 Å². The molecule has 0 aromatic carbocycles. The van der Waals surface area contributed by atoms with E-state index in [0.29, 0.717) is 12.0 Å². The summed E-state index contributed by atoms with van der Waals surface area (Å²) in [6, 6.07) is 0.613. The number of amides is 1. The summed E-state index contributed by atoms with van der Waals surface area (Å²) in [4.78, 5) is 18.7. The highest BCUT2D eigenvalue weighted by molar-refractivity contribution is 5.83. The Kier molecular flexibility index (Phi) is 7.34. The quantitative estimate of drug-likeness (QED) is 0.668. The molecule has 3 heterocycles. The van der Waals surface area contributed by atoms with Crippen molar-refractivity contribution in [1.29, 1.82) is 0 Å². The molecular formula is C24H40N4O3. The molecule has 1 aromatic rings. The maximum atomic E-state index is 13.6. The number of likely N-dealkylation sites (tertiary alicyclic amines) is 1. The second-order valence-electron chi connectivity index (χ2n) is 9.75. The fourth-order valence-corrected chi connectivity index (χ4v) is 6.14. The molecule has 7 heteroatoms. The van der Waals surface area contributed by atoms with Crippen LogP contribution in [-0.4, -0.2) is 79.4 Å². The van der Waals surface area contributed by atoms with Crippen molar-refractivity contribution in [3.05, 3.63) is 17.0 Å². The zero-order valence-electron chi connectivity index (χ0n) is 19.6. The average molecular weight is 433 g/mol. The monoisotopic (exact) mass is 432 g/mol. The van der Waals surface area contributed by atoms with Gasteiger partial charge in [0.25, 0.3) is 0 Å². The van der Waals surface area contributed by atoms with E-state index < -0.39 is 0 Å². The van der Waals surface area contributed by atoms with Crippen molar-refractivity contribution in [2.24, 2.45) is 11.3 Å². The third-order valence-corrected chi connectivity index (χ3v) is 8.09. The van der Waals surface area contributed by atoms with Gasteiger partial charge < -0.3 is 19.5 Å². The summed E-state index contributed by atoms with van der Waals surface area (Å²) in [6.45, 7) is 13.7. The number of nitrogens with zero attached hydrogens (tertiary/aromatic N) is 3. The number of piperidine rings is 1. The highest BCUT2D eigenvalue weighted by Crippen LogP contribution is 2.47. The molecule has 0 unspecified atom stereocenters. The highest BCUT2D eigenvalue weighted by atomic mass is 16.5. The van der Waals surface area contributed by atoms with Gasteiger partial charge in [0.15, 0.2) is 0 Å². The molecule has 1 N–H and O–H groups in total. The molecule has 3 fully saturated rings. The molecule has 0 radical (unpaired) electrons. The Morgan fingerprint density at radius 3 is 2.74 bits per heavy atom. The molecular weight excluding hydrogens is 392 g/mol. The van der Waals surface area contributed by atoms with Gasteiger partial charge in [0.2, 0.25) is 5.91 Å². The summed E-state index contributed by atoms with van der Waals surface area (Å²) in [5.74, 6) is 1.67. The summed E-state index contributed by atoms with van der Waals surface area (Å²) in [5.41, 5.74) is 1.93. The number of fused-ring (bicyclic) bond motifs is 1. The Bertz CT molecular complexity index is 726. The molecule has 0 spiro atoms. The first-order valence-corrected chi connectivity index (χ1v) is 12.3. The number of hydrogen-bond acceptors (Lipinski definition) is 6. The molecule has 2 saturated heterocycles. The Hall–Kier alpha value is -1.44. The predicted molar refractivity (Wildman–Crippen MR) is 120 cm³/mol. The fraction of sp³-hybridized carbons (Fsp3) is 0.833. The Morgan fingerprint density at radius 1 is 1.23 bits per heavy atom. The van der Waals surface area contributed by atoms with Crippen LogP contribution in [0.25, 0.3) is 0 Å². The van der Waals surface area contributed by atoms with Gasteiger partial charge in [-0.2, -0.15) is 0 Å². The second-order valence-corrected chi connectivity index (χ2v) is 9.75. The number of nitrogens with one attached hydrogen (secondary N) is 1. The molecule has 3 atom stereocenters. The third-order valence-electron chi connectivity index (χ3n) is 8.09. The number of hydrogen-bond donors (Lipinski definition) is 1. The van der Waals surface area contributed by atoms with Gasteiger partial charge in [0.05, 0.1) is 24.3 Å². The number of carbonyl (C=O) groups excluding carboxylic acids is 1. The van der Waals surface area contributed by atoms with Crippen LogP contribution in [0.15, 0.2) is 4.52 Å². The van der Waals surface area contributed by atoms with E-state index in [2.05, 4.69) is 27.2 Å². The minimum absolute atomic E-state index is 0.222. The van der Waals surface area contributed by atoms with E-state index >= 15 is 0 Å². The van der Waals surface area contributed by atoms with Crippen molar-refractivity contribution in [2.75, 3.05) is 52.5 Å². The summed E-state index contributed by atoms with van der Waals surface area (Å²) < 4.78 is 10.8. The number of ether oxygens (including phenoxy) is 1. The largest absolute Gasteiger partial charge is 0.379 e. The van der Waals surface area contributed by atoms with Crippen molar-refractivity contribution in [3.63, 3.8) is 0 Å². The van der Waals surface area contributed by atoms with Crippen LogP contribution in [0.2, 0.25) is 0 Å². The van der Waals surface area contributed by atoms with Crippen LogP contribution in [0.1, 0.15) is 56.0 Å². The van der Waals surface area contributed by atoms with E-state index in [9.17, 15) is 4.79 Å². The molecule has 4 rings (SSSR count). The van der Waals surface area contributed by atoms with Crippen LogP contribution >= 0.6 is 0 Å². The van der Waals surface area contributed by atoms with Crippen molar-refractivity contribution < 1.29 is 14.1 Å². The topological polar surface area (TPSA) is 70.8 Å². The molecule has 0 bridgehead atoms.